The molecule has 0 saturated heterocycles. The van der Waals surface area contributed by atoms with Gasteiger partial charge in [-0.15, -0.1) is 0 Å². The largest absolute Gasteiger partial charge is 0.463 e. The molecule has 10 atom stereocenters. The molecule has 0 heterocycles. The molecule has 0 aliphatic heterocycles. The number of ether oxygens (including phenoxy) is 1. The van der Waals surface area contributed by atoms with Crippen molar-refractivity contribution in [3.05, 3.63) is 0 Å². The van der Waals surface area contributed by atoms with Crippen molar-refractivity contribution in [2.45, 2.75) is 96.1 Å². The summed E-state index contributed by atoms with van der Waals surface area (Å²) in [7, 11) is 0. The average molecular weight is 469 g/mol. The summed E-state index contributed by atoms with van der Waals surface area (Å²) in [4.78, 5) is 24.0. The van der Waals surface area contributed by atoms with Gasteiger partial charge in [0.2, 0.25) is 0 Å². The quantitative estimate of drug-likeness (QED) is 0.462. The third kappa shape index (κ3) is 2.92. The Balaban J connectivity index is 1.67. The number of ketones is 1. The van der Waals surface area contributed by atoms with Crippen LogP contribution < -0.4 is 0 Å². The average Bonchev–Trinajstić information content (AvgIpc) is 2.86. The molecule has 164 valence electrons. The van der Waals surface area contributed by atoms with Crippen LogP contribution in [-0.4, -0.2) is 33.4 Å². The zero-order valence-corrected chi connectivity index (χ0v) is 20.1. The Kier molecular flexibility index (Phi) is 5.30. The summed E-state index contributed by atoms with van der Waals surface area (Å²) in [5.41, 5.74) is -0.129. The Morgan fingerprint density at radius 3 is 2.38 bits per heavy atom. The van der Waals surface area contributed by atoms with Crippen LogP contribution in [0.15, 0.2) is 0 Å². The van der Waals surface area contributed by atoms with Gasteiger partial charge in [0.05, 0.1) is 10.4 Å². The number of alkyl halides is 1. The number of aliphatic hydroxyl groups is 1. The minimum atomic E-state index is -0.459. The fourth-order valence-corrected chi connectivity index (χ4v) is 10.0. The normalized spacial score (nSPS) is 54.1. The molecule has 4 saturated carbocycles. The fourth-order valence-electron chi connectivity index (χ4n) is 8.80. The standard InChI is InChI=1S/C24H37BrO4/c1-13-10-19-18-7-6-16-11-17(29-15(3)27)8-9-23(16,5)24(18,25)20(28)12-22(19,4)21(13)14(2)26/h13,16-21,28H,6-12H2,1-5H3/t13-,16?,17?,18+,19+,20+,21-,22+,23+,24+/m1/s1. The lowest BCUT2D eigenvalue weighted by Gasteiger charge is -2.67. The molecule has 5 heteroatoms. The van der Waals surface area contributed by atoms with Crippen molar-refractivity contribution in [1.29, 1.82) is 0 Å². The maximum Gasteiger partial charge on any atom is 0.302 e. The highest BCUT2D eigenvalue weighted by Crippen LogP contribution is 2.72. The first kappa shape index (κ1) is 21.8. The summed E-state index contributed by atoms with van der Waals surface area (Å²) < 4.78 is 5.25. The van der Waals surface area contributed by atoms with Crippen LogP contribution in [0.3, 0.4) is 0 Å². The molecular weight excluding hydrogens is 432 g/mol. The van der Waals surface area contributed by atoms with Crippen molar-refractivity contribution in [2.75, 3.05) is 0 Å². The van der Waals surface area contributed by atoms with Crippen LogP contribution >= 0.6 is 15.9 Å². The molecule has 4 aliphatic carbocycles. The van der Waals surface area contributed by atoms with Crippen molar-refractivity contribution in [2.24, 2.45) is 40.4 Å². The Morgan fingerprint density at radius 1 is 1.07 bits per heavy atom. The Bertz CT molecular complexity index is 709. The number of carbonyl (C=O) groups excluding carboxylic acids is 2. The fraction of sp³-hybridized carbons (Fsp3) is 0.917. The van der Waals surface area contributed by atoms with Crippen LogP contribution in [0.1, 0.15) is 79.6 Å². The van der Waals surface area contributed by atoms with Gasteiger partial charge >= 0.3 is 5.97 Å². The van der Waals surface area contributed by atoms with E-state index in [4.69, 9.17) is 4.74 Å². The highest BCUT2D eigenvalue weighted by molar-refractivity contribution is 9.10. The van der Waals surface area contributed by atoms with Crippen molar-refractivity contribution in [3.8, 4) is 0 Å². The summed E-state index contributed by atoms with van der Waals surface area (Å²) in [6.45, 7) is 10.1. The molecule has 4 aliphatic rings. The SMILES string of the molecule is CC(=O)OC1CC[C@@]2(C)C(CC[C@H]3[C@@H]4C[C@@H](C)[C@H](C(C)=O)[C@@]4(C)C[C@H](O)[C@@]32Br)C1. The number of aliphatic hydroxyl groups excluding tert-OH is 1. The minimum absolute atomic E-state index is 0.0119. The van der Waals surface area contributed by atoms with E-state index in [1.807, 2.05) is 0 Å². The summed E-state index contributed by atoms with van der Waals surface area (Å²) >= 11 is 4.20. The third-order valence-corrected chi connectivity index (χ3v) is 11.8. The lowest BCUT2D eigenvalue weighted by atomic mass is 9.43. The third-order valence-electron chi connectivity index (χ3n) is 9.80. The number of rotatable bonds is 2. The minimum Gasteiger partial charge on any atom is -0.463 e. The molecule has 2 unspecified atom stereocenters. The highest BCUT2D eigenvalue weighted by atomic mass is 79.9. The Hall–Kier alpha value is -0.420. The number of hydrogen-bond donors (Lipinski definition) is 1. The van der Waals surface area contributed by atoms with Crippen LogP contribution in [0.5, 0.6) is 0 Å². The summed E-state index contributed by atoms with van der Waals surface area (Å²) in [6.07, 6.45) is 6.26. The molecule has 4 nitrogen and oxygen atoms in total. The van der Waals surface area contributed by atoms with Gasteiger partial charge in [-0.3, -0.25) is 9.59 Å². The lowest BCUT2D eigenvalue weighted by Crippen LogP contribution is -2.68. The first-order valence-electron chi connectivity index (χ1n) is 11.5. The molecule has 0 bridgehead atoms. The van der Waals surface area contributed by atoms with Crippen LogP contribution in [0, 0.1) is 40.4 Å². The van der Waals surface area contributed by atoms with E-state index >= 15 is 0 Å². The molecule has 0 amide bonds. The van der Waals surface area contributed by atoms with Crippen LogP contribution in [-0.2, 0) is 14.3 Å². The molecule has 0 aromatic heterocycles. The van der Waals surface area contributed by atoms with E-state index in [2.05, 4.69) is 36.7 Å². The van der Waals surface area contributed by atoms with Crippen LogP contribution in [0.4, 0.5) is 0 Å². The number of halogens is 1. The van der Waals surface area contributed by atoms with Crippen molar-refractivity contribution in [3.63, 3.8) is 0 Å². The molecule has 0 aromatic rings. The molecule has 4 rings (SSSR count). The molecule has 0 radical (unpaired) electrons. The second-order valence-electron chi connectivity index (χ2n) is 11.2. The smallest absolute Gasteiger partial charge is 0.302 e. The van der Waals surface area contributed by atoms with Crippen molar-refractivity contribution < 1.29 is 19.4 Å². The van der Waals surface area contributed by atoms with Gasteiger partial charge in [0, 0.05) is 12.8 Å². The predicted octanol–water partition coefficient (Wildman–Crippen LogP) is 4.90. The first-order valence-corrected chi connectivity index (χ1v) is 12.3. The highest BCUT2D eigenvalue weighted by Gasteiger charge is 2.71. The molecule has 0 aromatic carbocycles. The van der Waals surface area contributed by atoms with E-state index in [0.717, 1.165) is 38.5 Å². The number of Topliss-reactive ketones (excluding diaryl/α,β-unsaturated/α-hetero) is 1. The predicted molar refractivity (Wildman–Crippen MR) is 116 cm³/mol. The van der Waals surface area contributed by atoms with Crippen molar-refractivity contribution in [1.82, 2.24) is 0 Å². The lowest BCUT2D eigenvalue weighted by molar-refractivity contribution is -0.169. The van der Waals surface area contributed by atoms with E-state index in [-0.39, 0.29) is 33.1 Å². The zero-order valence-electron chi connectivity index (χ0n) is 18.5. The van der Waals surface area contributed by atoms with E-state index in [1.165, 1.54) is 6.92 Å². The topological polar surface area (TPSA) is 63.6 Å². The molecule has 29 heavy (non-hydrogen) atoms. The van der Waals surface area contributed by atoms with E-state index in [1.54, 1.807) is 6.92 Å². The number of hydrogen-bond acceptors (Lipinski definition) is 4. The number of carbonyl (C=O) groups is 2. The maximum atomic E-state index is 12.5. The van der Waals surface area contributed by atoms with Gasteiger partial charge in [-0.25, -0.2) is 0 Å². The maximum absolute atomic E-state index is 12.5. The number of esters is 1. The summed E-state index contributed by atoms with van der Waals surface area (Å²) in [6, 6.07) is 0. The van der Waals surface area contributed by atoms with E-state index in [0.29, 0.717) is 35.9 Å². The Morgan fingerprint density at radius 2 is 1.76 bits per heavy atom. The monoisotopic (exact) mass is 468 g/mol. The molecular formula is C24H37BrO4. The van der Waals surface area contributed by atoms with Gasteiger partial charge in [0.1, 0.15) is 11.9 Å². The van der Waals surface area contributed by atoms with Crippen LogP contribution in [0.25, 0.3) is 0 Å². The second-order valence-corrected chi connectivity index (χ2v) is 12.5. The van der Waals surface area contributed by atoms with Gasteiger partial charge in [0.25, 0.3) is 0 Å². The van der Waals surface area contributed by atoms with Crippen LogP contribution in [0.2, 0.25) is 0 Å². The van der Waals surface area contributed by atoms with Gasteiger partial charge in [-0.05, 0) is 86.4 Å². The van der Waals surface area contributed by atoms with Gasteiger partial charge in [-0.1, -0.05) is 36.7 Å². The zero-order chi connectivity index (χ0) is 21.4. The molecule has 1 N–H and O–H groups in total. The first-order chi connectivity index (χ1) is 13.4. The summed E-state index contributed by atoms with van der Waals surface area (Å²) in [5.74, 6) is 1.84. The van der Waals surface area contributed by atoms with E-state index < -0.39 is 6.10 Å². The molecule has 0 spiro atoms. The van der Waals surface area contributed by atoms with Gasteiger partial charge in [-0.2, -0.15) is 0 Å². The summed E-state index contributed by atoms with van der Waals surface area (Å²) in [5, 5.41) is 11.6. The second kappa shape index (κ2) is 7.05. The Labute approximate surface area is 183 Å². The van der Waals surface area contributed by atoms with E-state index in [9.17, 15) is 14.7 Å². The van der Waals surface area contributed by atoms with Gasteiger partial charge < -0.3 is 9.84 Å². The molecule has 4 fully saturated rings. The van der Waals surface area contributed by atoms with Crippen molar-refractivity contribution >= 4 is 27.7 Å². The van der Waals surface area contributed by atoms with Gasteiger partial charge in [0.15, 0.2) is 0 Å². The number of fused-ring (bicyclic) bond motifs is 5.